The Morgan fingerprint density at radius 1 is 1.06 bits per heavy atom. The van der Waals surface area contributed by atoms with Crippen LogP contribution in [0.1, 0.15) is 63.5 Å². The number of methoxy groups -OCH3 is 1. The first kappa shape index (κ1) is 24.2. The molecule has 0 atom stereocenters. The number of nitrogens with zero attached hydrogens (tertiary/aromatic N) is 2. The van der Waals surface area contributed by atoms with Crippen LogP contribution in [0.2, 0.25) is 0 Å². The van der Waals surface area contributed by atoms with Crippen LogP contribution in [0.5, 0.6) is 0 Å². The van der Waals surface area contributed by atoms with Crippen LogP contribution in [-0.4, -0.2) is 47.4 Å². The highest BCUT2D eigenvalue weighted by molar-refractivity contribution is 6.05. The molecule has 0 saturated heterocycles. The molecule has 1 heterocycles. The molecule has 0 saturated carbocycles. The number of anilines is 1. The Balaban J connectivity index is 2.34. The van der Waals surface area contributed by atoms with E-state index >= 15 is 0 Å². The van der Waals surface area contributed by atoms with E-state index < -0.39 is 5.97 Å². The maximum Gasteiger partial charge on any atom is 0.354 e. The van der Waals surface area contributed by atoms with Gasteiger partial charge in [-0.1, -0.05) is 25.1 Å². The maximum absolute atomic E-state index is 13.3. The third-order valence-corrected chi connectivity index (χ3v) is 5.57. The topological polar surface area (TPSA) is 80.6 Å². The summed E-state index contributed by atoms with van der Waals surface area (Å²) in [6.45, 7) is 12.2. The summed E-state index contributed by atoms with van der Waals surface area (Å²) in [4.78, 5) is 40.1. The number of ether oxygens (including phenoxy) is 1. The molecule has 0 spiro atoms. The zero-order chi connectivity index (χ0) is 23.3. The van der Waals surface area contributed by atoms with Crippen molar-refractivity contribution in [3.63, 3.8) is 0 Å². The number of hydrogen-bond donors (Lipinski definition) is 1. The van der Waals surface area contributed by atoms with Crippen molar-refractivity contribution in [1.29, 1.82) is 0 Å². The van der Waals surface area contributed by atoms with Gasteiger partial charge in [0.25, 0.3) is 0 Å². The Kier molecular flexibility index (Phi) is 8.02. The van der Waals surface area contributed by atoms with Gasteiger partial charge in [0.2, 0.25) is 0 Å². The van der Waals surface area contributed by atoms with E-state index in [9.17, 15) is 14.4 Å². The van der Waals surface area contributed by atoms with Gasteiger partial charge in [-0.2, -0.15) is 0 Å². The lowest BCUT2D eigenvalue weighted by molar-refractivity contribution is 0.0587. The minimum Gasteiger partial charge on any atom is -0.464 e. The Morgan fingerprint density at radius 3 is 2.19 bits per heavy atom. The second kappa shape index (κ2) is 10.3. The molecule has 168 valence electrons. The van der Waals surface area contributed by atoms with Gasteiger partial charge in [0, 0.05) is 30.0 Å². The second-order valence-electron chi connectivity index (χ2n) is 7.71. The summed E-state index contributed by atoms with van der Waals surface area (Å²) < 4.78 is 6.70. The molecule has 7 heteroatoms. The normalized spacial score (nSPS) is 10.7. The minimum atomic E-state index is -0.473. The molecule has 0 unspecified atom stereocenters. The zero-order valence-electron chi connectivity index (χ0n) is 19.6. The molecule has 2 amide bonds. The van der Waals surface area contributed by atoms with Crippen molar-refractivity contribution in [2.24, 2.45) is 0 Å². The van der Waals surface area contributed by atoms with Crippen LogP contribution >= 0.6 is 0 Å². The maximum atomic E-state index is 13.3. The van der Waals surface area contributed by atoms with E-state index in [-0.39, 0.29) is 18.4 Å². The average molecular weight is 428 g/mol. The van der Waals surface area contributed by atoms with Crippen LogP contribution in [0.15, 0.2) is 18.2 Å². The highest BCUT2D eigenvalue weighted by atomic mass is 16.5. The molecule has 7 nitrogen and oxygen atoms in total. The SMILES string of the molecule is CCCN(CC(=O)c1c(C)c(C(=O)OC)n(CC)c1C)C(=O)Nc1c(C)cccc1C. The fraction of sp³-hybridized carbons (Fsp3) is 0.458. The Labute approximate surface area is 184 Å². The number of rotatable bonds is 8. The predicted octanol–water partition coefficient (Wildman–Crippen LogP) is 4.66. The summed E-state index contributed by atoms with van der Waals surface area (Å²) in [5.41, 5.74) is 4.84. The summed E-state index contributed by atoms with van der Waals surface area (Å²) in [7, 11) is 1.33. The number of amides is 2. The van der Waals surface area contributed by atoms with E-state index in [1.807, 2.05) is 52.8 Å². The first-order chi connectivity index (χ1) is 14.7. The van der Waals surface area contributed by atoms with E-state index in [2.05, 4.69) is 5.32 Å². The van der Waals surface area contributed by atoms with Crippen molar-refractivity contribution >= 4 is 23.5 Å². The lowest BCUT2D eigenvalue weighted by Crippen LogP contribution is -2.39. The Morgan fingerprint density at radius 2 is 1.68 bits per heavy atom. The number of benzene rings is 1. The van der Waals surface area contributed by atoms with Gasteiger partial charge in [-0.15, -0.1) is 0 Å². The molecule has 0 aliphatic heterocycles. The van der Waals surface area contributed by atoms with Crippen molar-refractivity contribution in [1.82, 2.24) is 9.47 Å². The van der Waals surface area contributed by atoms with Gasteiger partial charge in [-0.25, -0.2) is 9.59 Å². The van der Waals surface area contributed by atoms with Crippen molar-refractivity contribution < 1.29 is 19.1 Å². The van der Waals surface area contributed by atoms with Gasteiger partial charge < -0.3 is 19.5 Å². The third-order valence-electron chi connectivity index (χ3n) is 5.57. The second-order valence-corrected chi connectivity index (χ2v) is 7.71. The number of hydrogen-bond acceptors (Lipinski definition) is 4. The molecule has 0 aliphatic carbocycles. The average Bonchev–Trinajstić information content (AvgIpc) is 2.99. The molecule has 1 aromatic heterocycles. The van der Waals surface area contributed by atoms with E-state index in [4.69, 9.17) is 4.74 Å². The van der Waals surface area contributed by atoms with Gasteiger partial charge in [0.15, 0.2) is 5.78 Å². The smallest absolute Gasteiger partial charge is 0.354 e. The minimum absolute atomic E-state index is 0.0688. The standard InChI is InChI=1S/C24H33N3O4/c1-8-13-26(24(30)25-21-15(3)11-10-12-16(21)4)14-19(28)20-17(5)22(23(29)31-7)27(9-2)18(20)6/h10-12H,8-9,13-14H2,1-7H3,(H,25,30). The van der Waals surface area contributed by atoms with Gasteiger partial charge in [0.1, 0.15) is 5.69 Å². The van der Waals surface area contributed by atoms with Crippen molar-refractivity contribution in [3.05, 3.63) is 51.8 Å². The van der Waals surface area contributed by atoms with Gasteiger partial charge in [0.05, 0.1) is 13.7 Å². The number of ketones is 1. The molecule has 2 rings (SSSR count). The molecule has 0 aliphatic rings. The third kappa shape index (κ3) is 4.98. The fourth-order valence-corrected chi connectivity index (χ4v) is 4.03. The number of para-hydroxylation sites is 1. The van der Waals surface area contributed by atoms with E-state index in [0.29, 0.717) is 35.6 Å². The molecule has 0 fully saturated rings. The Bertz CT molecular complexity index is 971. The fourth-order valence-electron chi connectivity index (χ4n) is 4.03. The van der Waals surface area contributed by atoms with E-state index in [1.54, 1.807) is 11.5 Å². The molecule has 0 radical (unpaired) electrons. The number of urea groups is 1. The number of aryl methyl sites for hydroxylation is 2. The Hall–Kier alpha value is -3.09. The number of Topliss-reactive ketones (excluding diaryl/α,β-unsaturated/α-hetero) is 1. The summed E-state index contributed by atoms with van der Waals surface area (Å²) in [5.74, 6) is -0.669. The molecule has 1 N–H and O–H groups in total. The first-order valence-corrected chi connectivity index (χ1v) is 10.6. The van der Waals surface area contributed by atoms with Crippen molar-refractivity contribution in [2.75, 3.05) is 25.5 Å². The van der Waals surface area contributed by atoms with Crippen molar-refractivity contribution in [2.45, 2.75) is 54.5 Å². The lowest BCUT2D eigenvalue weighted by Gasteiger charge is -2.23. The van der Waals surface area contributed by atoms with Crippen LogP contribution in [0.4, 0.5) is 10.5 Å². The summed E-state index contributed by atoms with van der Waals surface area (Å²) in [5, 5.41) is 2.96. The molecule has 1 aromatic carbocycles. The van der Waals surface area contributed by atoms with Gasteiger partial charge in [-0.3, -0.25) is 4.79 Å². The first-order valence-electron chi connectivity index (χ1n) is 10.6. The molecule has 31 heavy (non-hydrogen) atoms. The number of nitrogens with one attached hydrogen (secondary N) is 1. The summed E-state index contributed by atoms with van der Waals surface area (Å²) in [6, 6.07) is 5.50. The highest BCUT2D eigenvalue weighted by Crippen LogP contribution is 2.25. The summed E-state index contributed by atoms with van der Waals surface area (Å²) in [6.07, 6.45) is 0.717. The van der Waals surface area contributed by atoms with E-state index in [0.717, 1.165) is 23.2 Å². The van der Waals surface area contributed by atoms with Crippen LogP contribution in [0.25, 0.3) is 0 Å². The molecule has 0 bridgehead atoms. The zero-order valence-corrected chi connectivity index (χ0v) is 19.6. The molecular weight excluding hydrogens is 394 g/mol. The highest BCUT2D eigenvalue weighted by Gasteiger charge is 2.28. The largest absolute Gasteiger partial charge is 0.464 e. The number of carbonyl (C=O) groups excluding carboxylic acids is 3. The molecular formula is C24H33N3O4. The summed E-state index contributed by atoms with van der Waals surface area (Å²) >= 11 is 0. The molecule has 2 aromatic rings. The number of aromatic nitrogens is 1. The van der Waals surface area contributed by atoms with E-state index in [1.165, 1.54) is 12.0 Å². The van der Waals surface area contributed by atoms with Crippen LogP contribution < -0.4 is 5.32 Å². The number of esters is 1. The number of carbonyl (C=O) groups is 3. The predicted molar refractivity (Wildman–Crippen MR) is 122 cm³/mol. The van der Waals surface area contributed by atoms with Crippen LogP contribution in [-0.2, 0) is 11.3 Å². The van der Waals surface area contributed by atoms with Gasteiger partial charge in [-0.05, 0) is 57.7 Å². The van der Waals surface area contributed by atoms with Crippen molar-refractivity contribution in [3.8, 4) is 0 Å². The van der Waals surface area contributed by atoms with Gasteiger partial charge >= 0.3 is 12.0 Å². The monoisotopic (exact) mass is 427 g/mol. The lowest BCUT2D eigenvalue weighted by atomic mass is 10.1. The quantitative estimate of drug-likeness (QED) is 0.491. The van der Waals surface area contributed by atoms with Crippen LogP contribution in [0.3, 0.4) is 0 Å². The van der Waals surface area contributed by atoms with Crippen LogP contribution in [0, 0.1) is 27.7 Å².